The summed E-state index contributed by atoms with van der Waals surface area (Å²) in [4.78, 5) is 14.4. The van der Waals surface area contributed by atoms with Crippen molar-refractivity contribution in [2.75, 3.05) is 18.6 Å². The smallest absolute Gasteiger partial charge is 0.231 e. The van der Waals surface area contributed by atoms with E-state index in [2.05, 4.69) is 21.0 Å². The average molecular weight is 421 g/mol. The molecule has 0 amide bonds. The maximum Gasteiger partial charge on any atom is 0.231 e. The Labute approximate surface area is 171 Å². The number of aromatic nitrogens is 3. The topological polar surface area (TPSA) is 80.6 Å². The number of anilines is 1. The fourth-order valence-electron chi connectivity index (χ4n) is 4.56. The summed E-state index contributed by atoms with van der Waals surface area (Å²) in [6.45, 7) is 1.25. The third-order valence-corrected chi connectivity index (χ3v) is 6.15. The largest absolute Gasteiger partial charge is 0.493 e. The molecule has 2 unspecified atom stereocenters. The summed E-state index contributed by atoms with van der Waals surface area (Å²) in [5.41, 5.74) is 1.90. The fraction of sp³-hybridized carbons (Fsp3) is 0.421. The molecule has 1 aliphatic carbocycles. The van der Waals surface area contributed by atoms with Crippen LogP contribution in [0.2, 0.25) is 10.6 Å². The number of nitrogens with zero attached hydrogens (tertiary/aromatic N) is 4. The summed E-state index contributed by atoms with van der Waals surface area (Å²) in [5.74, 6) is 1.91. The second-order valence-corrected chi connectivity index (χ2v) is 7.96. The lowest BCUT2D eigenvalue weighted by molar-refractivity contribution is 0.0856. The first-order valence-electron chi connectivity index (χ1n) is 9.06. The van der Waals surface area contributed by atoms with Crippen molar-refractivity contribution >= 4 is 29.2 Å². The Morgan fingerprint density at radius 3 is 2.79 bits per heavy atom. The normalized spacial score (nSPS) is 27.6. The van der Waals surface area contributed by atoms with Crippen LogP contribution in [0.5, 0.6) is 11.5 Å². The Morgan fingerprint density at radius 1 is 1.25 bits per heavy atom. The molecule has 146 valence electrons. The molecule has 28 heavy (non-hydrogen) atoms. The van der Waals surface area contributed by atoms with Crippen LogP contribution in [0.25, 0.3) is 0 Å². The predicted octanol–water partition coefficient (Wildman–Crippen LogP) is 2.92. The van der Waals surface area contributed by atoms with Crippen LogP contribution in [0.1, 0.15) is 24.0 Å². The zero-order valence-electron chi connectivity index (χ0n) is 15.1. The molecule has 0 radical (unpaired) electrons. The van der Waals surface area contributed by atoms with E-state index in [1.165, 1.54) is 0 Å². The Kier molecular flexibility index (Phi) is 4.15. The molecule has 3 atom stereocenters. The van der Waals surface area contributed by atoms with Crippen LogP contribution in [-0.4, -0.2) is 45.9 Å². The van der Waals surface area contributed by atoms with Gasteiger partial charge in [-0.25, -0.2) is 0 Å². The van der Waals surface area contributed by atoms with Gasteiger partial charge in [-0.2, -0.15) is 15.0 Å². The Balaban J connectivity index is 1.65. The number of hydrogen-bond acceptors (Lipinski definition) is 7. The van der Waals surface area contributed by atoms with E-state index in [9.17, 15) is 5.11 Å². The fourth-order valence-corrected chi connectivity index (χ4v) is 4.92. The van der Waals surface area contributed by atoms with Gasteiger partial charge in [-0.3, -0.25) is 0 Å². The molecule has 0 saturated heterocycles. The molecule has 3 heterocycles. The SMILES string of the molecule is COc1ccc2c3c1OC1C[C@@H](O)C=CC31CCN(c1nc(Cl)nc(Cl)n1)C2. The van der Waals surface area contributed by atoms with Crippen molar-refractivity contribution in [1.29, 1.82) is 0 Å². The minimum absolute atomic E-state index is 0.0681. The van der Waals surface area contributed by atoms with Gasteiger partial charge in [0.1, 0.15) is 6.10 Å². The van der Waals surface area contributed by atoms with Gasteiger partial charge in [0.25, 0.3) is 0 Å². The quantitative estimate of drug-likeness (QED) is 0.747. The molecule has 3 aliphatic rings. The van der Waals surface area contributed by atoms with Gasteiger partial charge < -0.3 is 19.5 Å². The first kappa shape index (κ1) is 18.0. The van der Waals surface area contributed by atoms with E-state index >= 15 is 0 Å². The number of rotatable bonds is 2. The van der Waals surface area contributed by atoms with Crippen molar-refractivity contribution in [3.63, 3.8) is 0 Å². The van der Waals surface area contributed by atoms with E-state index < -0.39 is 6.10 Å². The molecule has 2 aliphatic heterocycles. The van der Waals surface area contributed by atoms with Crippen molar-refractivity contribution in [3.05, 3.63) is 46.0 Å². The second kappa shape index (κ2) is 6.47. The Morgan fingerprint density at radius 2 is 2.04 bits per heavy atom. The maximum atomic E-state index is 10.2. The third-order valence-electron chi connectivity index (χ3n) is 5.81. The number of ether oxygens (including phenoxy) is 2. The van der Waals surface area contributed by atoms with Gasteiger partial charge in [-0.15, -0.1) is 0 Å². The molecule has 1 spiro atoms. The first-order chi connectivity index (χ1) is 13.5. The number of hydrogen-bond donors (Lipinski definition) is 1. The van der Waals surface area contributed by atoms with E-state index in [0.717, 1.165) is 23.3 Å². The summed E-state index contributed by atoms with van der Waals surface area (Å²) >= 11 is 12.0. The Hall–Kier alpha value is -2.09. The van der Waals surface area contributed by atoms with Crippen LogP contribution in [0, 0.1) is 0 Å². The zero-order chi connectivity index (χ0) is 19.5. The molecular formula is C19H18Cl2N4O3. The van der Waals surface area contributed by atoms with Gasteiger partial charge in [0.2, 0.25) is 16.5 Å². The summed E-state index contributed by atoms with van der Waals surface area (Å²) < 4.78 is 11.9. The van der Waals surface area contributed by atoms with E-state index in [1.54, 1.807) is 7.11 Å². The van der Waals surface area contributed by atoms with Gasteiger partial charge >= 0.3 is 0 Å². The summed E-state index contributed by atoms with van der Waals surface area (Å²) in [6.07, 6.45) is 4.61. The highest BCUT2D eigenvalue weighted by Crippen LogP contribution is 2.55. The summed E-state index contributed by atoms with van der Waals surface area (Å²) in [7, 11) is 1.64. The van der Waals surface area contributed by atoms with Crippen molar-refractivity contribution in [2.45, 2.75) is 37.0 Å². The Bertz CT molecular complexity index is 966. The lowest BCUT2D eigenvalue weighted by Gasteiger charge is -2.35. The maximum absolute atomic E-state index is 10.2. The average Bonchev–Trinajstić information content (AvgIpc) is 2.89. The highest BCUT2D eigenvalue weighted by atomic mass is 35.5. The third kappa shape index (κ3) is 2.64. The summed E-state index contributed by atoms with van der Waals surface area (Å²) in [5, 5.41) is 10.3. The van der Waals surface area contributed by atoms with Gasteiger partial charge in [-0.1, -0.05) is 18.2 Å². The van der Waals surface area contributed by atoms with Crippen molar-refractivity contribution in [1.82, 2.24) is 15.0 Å². The van der Waals surface area contributed by atoms with Crippen LogP contribution in [-0.2, 0) is 12.0 Å². The van der Waals surface area contributed by atoms with Crippen LogP contribution < -0.4 is 14.4 Å². The molecule has 1 aromatic heterocycles. The van der Waals surface area contributed by atoms with Gasteiger partial charge in [0, 0.05) is 25.1 Å². The number of methoxy groups -OCH3 is 1. The van der Waals surface area contributed by atoms with E-state index in [0.29, 0.717) is 31.2 Å². The van der Waals surface area contributed by atoms with Gasteiger partial charge in [0.15, 0.2) is 11.5 Å². The molecule has 1 aromatic carbocycles. The molecule has 5 rings (SSSR count). The molecule has 0 saturated carbocycles. The van der Waals surface area contributed by atoms with Crippen LogP contribution in [0.4, 0.5) is 5.95 Å². The number of benzene rings is 1. The van der Waals surface area contributed by atoms with E-state index in [1.807, 2.05) is 23.1 Å². The molecule has 9 heteroatoms. The monoisotopic (exact) mass is 420 g/mol. The predicted molar refractivity (Wildman–Crippen MR) is 104 cm³/mol. The van der Waals surface area contributed by atoms with Crippen molar-refractivity contribution < 1.29 is 14.6 Å². The minimum atomic E-state index is -0.514. The van der Waals surface area contributed by atoms with E-state index in [4.69, 9.17) is 32.7 Å². The van der Waals surface area contributed by atoms with E-state index in [-0.39, 0.29) is 22.1 Å². The highest BCUT2D eigenvalue weighted by Gasteiger charge is 2.53. The van der Waals surface area contributed by atoms with Gasteiger partial charge in [0.05, 0.1) is 18.6 Å². The van der Waals surface area contributed by atoms with Crippen LogP contribution >= 0.6 is 23.2 Å². The number of aliphatic hydroxyl groups excluding tert-OH is 1. The molecule has 0 bridgehead atoms. The number of aliphatic hydroxyl groups is 1. The molecular weight excluding hydrogens is 403 g/mol. The highest BCUT2D eigenvalue weighted by molar-refractivity contribution is 6.31. The molecule has 0 fully saturated rings. The summed E-state index contributed by atoms with van der Waals surface area (Å²) in [6, 6.07) is 3.96. The van der Waals surface area contributed by atoms with Crippen molar-refractivity contribution in [3.8, 4) is 11.5 Å². The first-order valence-corrected chi connectivity index (χ1v) is 9.82. The van der Waals surface area contributed by atoms with Crippen molar-refractivity contribution in [2.24, 2.45) is 0 Å². The lowest BCUT2D eigenvalue weighted by Crippen LogP contribution is -2.43. The molecule has 1 N–H and O–H groups in total. The second-order valence-electron chi connectivity index (χ2n) is 7.29. The molecule has 2 aromatic rings. The lowest BCUT2D eigenvalue weighted by atomic mass is 9.69. The van der Waals surface area contributed by atoms with Crippen LogP contribution in [0.15, 0.2) is 24.3 Å². The van der Waals surface area contributed by atoms with Crippen LogP contribution in [0.3, 0.4) is 0 Å². The zero-order valence-corrected chi connectivity index (χ0v) is 16.6. The molecule has 7 nitrogen and oxygen atoms in total. The standard InChI is InChI=1S/C19H18Cl2N4O3/c1-27-12-3-2-10-9-25(18-23-16(20)22-17(21)24-18)7-6-19-5-4-11(26)8-13(19)28-15(12)14(10)19/h2-5,11,13,26H,6-9H2,1H3/t11-,13?,19?/m0/s1. The number of halogens is 2. The minimum Gasteiger partial charge on any atom is -0.493 e. The van der Waals surface area contributed by atoms with Gasteiger partial charge in [-0.05, 0) is 41.3 Å².